The van der Waals surface area contributed by atoms with Crippen LogP contribution in [0.2, 0.25) is 5.02 Å². The van der Waals surface area contributed by atoms with Crippen LogP contribution in [0.1, 0.15) is 20.3 Å². The van der Waals surface area contributed by atoms with E-state index < -0.39 is 0 Å². The molecule has 5 nitrogen and oxygen atoms in total. The third-order valence-electron chi connectivity index (χ3n) is 4.43. The molecule has 2 aliphatic rings. The van der Waals surface area contributed by atoms with Crippen LogP contribution in [0.4, 0.5) is 5.69 Å². The summed E-state index contributed by atoms with van der Waals surface area (Å²) in [6.45, 7) is 6.08. The number of hydrogen-bond acceptors (Lipinski definition) is 4. The molecule has 2 atom stereocenters. The number of para-hydroxylation sites is 1. The van der Waals surface area contributed by atoms with Crippen LogP contribution in [0.25, 0.3) is 0 Å². The number of aliphatic imine (C=N–C) groups is 1. The van der Waals surface area contributed by atoms with Gasteiger partial charge < -0.3 is 4.90 Å². The van der Waals surface area contributed by atoms with Gasteiger partial charge in [-0.3, -0.25) is 19.5 Å². The average Bonchev–Trinajstić information content (AvgIpc) is 2.93. The van der Waals surface area contributed by atoms with E-state index >= 15 is 0 Å². The number of hydrogen-bond donors (Lipinski definition) is 0. The van der Waals surface area contributed by atoms with Crippen LogP contribution in [0.3, 0.4) is 0 Å². The molecule has 0 unspecified atom stereocenters. The highest BCUT2D eigenvalue weighted by atomic mass is 35.5. The molecule has 2 amide bonds. The number of anilines is 1. The molecule has 134 valence electrons. The van der Waals surface area contributed by atoms with Gasteiger partial charge in [-0.05, 0) is 30.4 Å². The highest BCUT2D eigenvalue weighted by molar-refractivity contribution is 8.14. The zero-order chi connectivity index (χ0) is 18.0. The van der Waals surface area contributed by atoms with Gasteiger partial charge in [-0.1, -0.05) is 49.3 Å². The Kier molecular flexibility index (Phi) is 5.69. The number of carbonyl (C=O) groups is 2. The van der Waals surface area contributed by atoms with Gasteiger partial charge in [0.25, 0.3) is 5.91 Å². The maximum absolute atomic E-state index is 12.6. The summed E-state index contributed by atoms with van der Waals surface area (Å²) in [7, 11) is 0. The molecule has 0 saturated carbocycles. The van der Waals surface area contributed by atoms with Crippen LogP contribution in [0.15, 0.2) is 29.3 Å². The normalized spacial score (nSPS) is 23.8. The predicted molar refractivity (Wildman–Crippen MR) is 103 cm³/mol. The van der Waals surface area contributed by atoms with E-state index in [1.807, 2.05) is 17.0 Å². The quantitative estimate of drug-likeness (QED) is 0.809. The Morgan fingerprint density at radius 3 is 2.64 bits per heavy atom. The van der Waals surface area contributed by atoms with Gasteiger partial charge in [0.15, 0.2) is 5.17 Å². The van der Waals surface area contributed by atoms with Crippen LogP contribution in [-0.4, -0.2) is 47.3 Å². The van der Waals surface area contributed by atoms with Crippen molar-refractivity contribution in [1.29, 1.82) is 0 Å². The van der Waals surface area contributed by atoms with E-state index in [2.05, 4.69) is 18.8 Å². The van der Waals surface area contributed by atoms with E-state index in [4.69, 9.17) is 11.6 Å². The number of amidine groups is 1. The maximum Gasteiger partial charge on any atom is 0.254 e. The molecular weight excluding hydrogens is 358 g/mol. The van der Waals surface area contributed by atoms with E-state index in [1.165, 1.54) is 23.1 Å². The third kappa shape index (κ3) is 4.18. The number of piperidine rings is 1. The van der Waals surface area contributed by atoms with Gasteiger partial charge in [0.1, 0.15) is 6.54 Å². The van der Waals surface area contributed by atoms with Crippen molar-refractivity contribution in [3.8, 4) is 0 Å². The molecule has 0 aliphatic carbocycles. The number of thioether (sulfide) groups is 1. The monoisotopic (exact) mass is 379 g/mol. The zero-order valence-electron chi connectivity index (χ0n) is 14.4. The van der Waals surface area contributed by atoms with E-state index in [0.29, 0.717) is 27.7 Å². The summed E-state index contributed by atoms with van der Waals surface area (Å²) in [6, 6.07) is 7.18. The molecule has 1 aromatic rings. The van der Waals surface area contributed by atoms with Crippen LogP contribution in [0, 0.1) is 11.8 Å². The fourth-order valence-electron chi connectivity index (χ4n) is 3.45. The Bertz CT molecular complexity index is 699. The first-order chi connectivity index (χ1) is 12.0. The molecule has 1 saturated heterocycles. The van der Waals surface area contributed by atoms with Crippen LogP contribution in [-0.2, 0) is 9.59 Å². The van der Waals surface area contributed by atoms with E-state index in [-0.39, 0.29) is 24.1 Å². The Balaban J connectivity index is 1.65. The third-order valence-corrected chi connectivity index (χ3v) is 5.71. The molecule has 2 aliphatic heterocycles. The molecule has 0 radical (unpaired) electrons. The average molecular weight is 380 g/mol. The lowest BCUT2D eigenvalue weighted by atomic mass is 9.92. The fraction of sp³-hybridized carbons (Fsp3) is 0.500. The zero-order valence-corrected chi connectivity index (χ0v) is 16.0. The minimum absolute atomic E-state index is 0.0968. The molecule has 0 spiro atoms. The highest BCUT2D eigenvalue weighted by Crippen LogP contribution is 2.30. The summed E-state index contributed by atoms with van der Waals surface area (Å²) in [4.78, 5) is 32.5. The van der Waals surface area contributed by atoms with E-state index in [0.717, 1.165) is 13.1 Å². The number of halogens is 1. The molecule has 0 N–H and O–H groups in total. The molecule has 1 aromatic carbocycles. The number of carbonyl (C=O) groups excluding carboxylic acids is 2. The molecular formula is C18H22ClN3O2S. The SMILES string of the molecule is C[C@H]1C[C@H](C)CN(C(=O)CSC2=NCC(=O)N2c2ccccc2Cl)C1. The summed E-state index contributed by atoms with van der Waals surface area (Å²) in [5.41, 5.74) is 0.616. The molecule has 3 rings (SSSR count). The lowest BCUT2D eigenvalue weighted by Crippen LogP contribution is -2.43. The van der Waals surface area contributed by atoms with Gasteiger partial charge in [0.2, 0.25) is 5.91 Å². The Morgan fingerprint density at radius 1 is 1.28 bits per heavy atom. The molecule has 0 aromatic heterocycles. The number of likely N-dealkylation sites (tertiary alicyclic amines) is 1. The van der Waals surface area contributed by atoms with Crippen molar-refractivity contribution in [2.24, 2.45) is 16.8 Å². The van der Waals surface area contributed by atoms with Crippen LogP contribution < -0.4 is 4.90 Å². The second kappa shape index (κ2) is 7.79. The first kappa shape index (κ1) is 18.3. The van der Waals surface area contributed by atoms with Crippen molar-refractivity contribution in [2.75, 3.05) is 30.3 Å². The van der Waals surface area contributed by atoms with Crippen molar-refractivity contribution in [3.05, 3.63) is 29.3 Å². The van der Waals surface area contributed by atoms with Gasteiger partial charge in [0, 0.05) is 13.1 Å². The van der Waals surface area contributed by atoms with Crippen molar-refractivity contribution < 1.29 is 9.59 Å². The lowest BCUT2D eigenvalue weighted by molar-refractivity contribution is -0.131. The van der Waals surface area contributed by atoms with Crippen molar-refractivity contribution in [2.45, 2.75) is 20.3 Å². The summed E-state index contributed by atoms with van der Waals surface area (Å²) in [5, 5.41) is 1.04. The Hall–Kier alpha value is -1.53. The summed E-state index contributed by atoms with van der Waals surface area (Å²) < 4.78 is 0. The summed E-state index contributed by atoms with van der Waals surface area (Å²) >= 11 is 7.53. The highest BCUT2D eigenvalue weighted by Gasteiger charge is 2.31. The van der Waals surface area contributed by atoms with E-state index in [9.17, 15) is 9.59 Å². The number of benzene rings is 1. The molecule has 1 fully saturated rings. The van der Waals surface area contributed by atoms with Gasteiger partial charge in [-0.25, -0.2) is 0 Å². The Morgan fingerprint density at radius 2 is 1.96 bits per heavy atom. The second-order valence-electron chi connectivity index (χ2n) is 6.81. The lowest BCUT2D eigenvalue weighted by Gasteiger charge is -2.35. The maximum atomic E-state index is 12.6. The van der Waals surface area contributed by atoms with Crippen molar-refractivity contribution in [3.63, 3.8) is 0 Å². The second-order valence-corrected chi connectivity index (χ2v) is 8.16. The first-order valence-corrected chi connectivity index (χ1v) is 9.84. The molecule has 2 heterocycles. The van der Waals surface area contributed by atoms with E-state index in [1.54, 1.807) is 12.1 Å². The first-order valence-electron chi connectivity index (χ1n) is 8.48. The minimum Gasteiger partial charge on any atom is -0.341 e. The Labute approximate surface area is 157 Å². The number of nitrogens with zero attached hydrogens (tertiary/aromatic N) is 3. The molecule has 25 heavy (non-hydrogen) atoms. The minimum atomic E-state index is -0.122. The number of amides is 2. The molecule has 7 heteroatoms. The predicted octanol–water partition coefficient (Wildman–Crippen LogP) is 3.28. The van der Waals surface area contributed by atoms with Gasteiger partial charge >= 0.3 is 0 Å². The largest absolute Gasteiger partial charge is 0.341 e. The topological polar surface area (TPSA) is 53.0 Å². The van der Waals surface area contributed by atoms with Crippen molar-refractivity contribution in [1.82, 2.24) is 4.90 Å². The van der Waals surface area contributed by atoms with Gasteiger partial charge in [-0.15, -0.1) is 0 Å². The summed E-state index contributed by atoms with van der Waals surface area (Å²) in [6.07, 6.45) is 1.17. The standard InChI is InChI=1S/C18H22ClN3O2S/c1-12-7-13(2)10-21(9-12)17(24)11-25-18-20-8-16(23)22(18)15-6-4-3-5-14(15)19/h3-6,12-13H,7-11H2,1-2H3/t12-,13-/m0/s1. The summed E-state index contributed by atoms with van der Waals surface area (Å²) in [5.74, 6) is 1.32. The fourth-order valence-corrected chi connectivity index (χ4v) is 4.59. The number of rotatable bonds is 3. The van der Waals surface area contributed by atoms with Gasteiger partial charge in [-0.2, -0.15) is 0 Å². The molecule has 0 bridgehead atoms. The van der Waals surface area contributed by atoms with Gasteiger partial charge in [0.05, 0.1) is 16.5 Å². The van der Waals surface area contributed by atoms with Crippen LogP contribution in [0.5, 0.6) is 0 Å². The smallest absolute Gasteiger partial charge is 0.254 e. The van der Waals surface area contributed by atoms with Crippen LogP contribution >= 0.6 is 23.4 Å². The van der Waals surface area contributed by atoms with Crippen molar-refractivity contribution >= 4 is 46.0 Å².